The van der Waals surface area contributed by atoms with Crippen LogP contribution >= 0.6 is 11.6 Å². The highest BCUT2D eigenvalue weighted by Crippen LogP contribution is 2.09. The van der Waals surface area contributed by atoms with Gasteiger partial charge in [-0.1, -0.05) is 0 Å². The quantitative estimate of drug-likeness (QED) is 0.468. The lowest BCUT2D eigenvalue weighted by Crippen LogP contribution is -2.28. The van der Waals surface area contributed by atoms with Gasteiger partial charge in [-0.2, -0.15) is 4.39 Å². The molecule has 1 unspecified atom stereocenters. The van der Waals surface area contributed by atoms with Crippen molar-refractivity contribution in [1.29, 1.82) is 0 Å². The van der Waals surface area contributed by atoms with Crippen LogP contribution in [0.25, 0.3) is 0 Å². The zero-order valence-corrected chi connectivity index (χ0v) is 5.28. The molecule has 0 aliphatic rings. The average Bonchev–Trinajstić information content (AvgIpc) is 1.67. The van der Waals surface area contributed by atoms with E-state index >= 15 is 0 Å². The average molecular weight is 143 g/mol. The maximum Gasteiger partial charge on any atom is 0.331 e. The Hall–Kier alpha value is 0.140. The van der Waals surface area contributed by atoms with E-state index in [0.717, 1.165) is 0 Å². The van der Waals surface area contributed by atoms with Gasteiger partial charge in [-0.3, -0.25) is 0 Å². The van der Waals surface area contributed by atoms with Crippen molar-refractivity contribution in [2.45, 2.75) is 13.0 Å². The zero-order chi connectivity index (χ0) is 6.62. The highest BCUT2D eigenvalue weighted by molar-refractivity contribution is 6.18. The molecule has 0 amide bonds. The van der Waals surface area contributed by atoms with Crippen LogP contribution in [0.5, 0.6) is 0 Å². The molecule has 0 rings (SSSR count). The van der Waals surface area contributed by atoms with Gasteiger partial charge >= 0.3 is 6.04 Å². The molecule has 0 aromatic heterocycles. The first kappa shape index (κ1) is 8.14. The van der Waals surface area contributed by atoms with Crippen LogP contribution in [0.3, 0.4) is 0 Å². The molecule has 8 heavy (non-hydrogen) atoms. The molecule has 2 nitrogen and oxygen atoms in total. The van der Waals surface area contributed by atoms with Crippen LogP contribution in [0.1, 0.15) is 6.92 Å². The van der Waals surface area contributed by atoms with E-state index in [4.69, 9.17) is 16.7 Å². The lowest BCUT2D eigenvalue weighted by Gasteiger charge is -2.13. The first-order valence-corrected chi connectivity index (χ1v) is 2.77. The summed E-state index contributed by atoms with van der Waals surface area (Å²) in [6, 6.07) is -2.64. The molecule has 4 heteroatoms. The molecule has 0 aliphatic heterocycles. The summed E-state index contributed by atoms with van der Waals surface area (Å²) in [5.74, 6) is -0.555. The molecule has 0 saturated heterocycles. The minimum absolute atomic E-state index is 0.111. The molecular weight excluding hydrogens is 134 g/mol. The van der Waals surface area contributed by atoms with Crippen molar-refractivity contribution in [2.24, 2.45) is 0 Å². The van der Waals surface area contributed by atoms with E-state index in [1.807, 2.05) is 0 Å². The summed E-state index contributed by atoms with van der Waals surface area (Å²) in [6.45, 7) is 1.68. The Morgan fingerprint density at radius 2 is 2.38 bits per heavy atom. The summed E-state index contributed by atoms with van der Waals surface area (Å²) in [4.78, 5) is 0. The fourth-order valence-corrected chi connectivity index (χ4v) is 0.337. The Morgan fingerprint density at radius 3 is 2.50 bits per heavy atom. The monoisotopic (exact) mass is 142 g/mol. The van der Waals surface area contributed by atoms with E-state index in [0.29, 0.717) is 0 Å². The number of alkyl halides is 2. The van der Waals surface area contributed by atoms with Crippen LogP contribution < -0.4 is 0 Å². The smallest absolute Gasteiger partial charge is 0.331 e. The van der Waals surface area contributed by atoms with Crippen molar-refractivity contribution in [3.8, 4) is 0 Å². The Balaban J connectivity index is 3.37. The molecule has 0 saturated carbocycles. The number of hydrogen-bond acceptors (Lipinski definition) is 2. The van der Waals surface area contributed by atoms with Gasteiger partial charge in [0.05, 0.1) is 0 Å². The summed E-state index contributed by atoms with van der Waals surface area (Å²) in [6.07, 6.45) is 0. The van der Waals surface area contributed by atoms with Crippen LogP contribution in [0.4, 0.5) is 4.39 Å². The lowest BCUT2D eigenvalue weighted by atomic mass is 10.7. The van der Waals surface area contributed by atoms with Crippen molar-refractivity contribution < 1.29 is 14.2 Å². The largest absolute Gasteiger partial charge is 0.339 e. The molecular formula is C4H8ClFO2. The summed E-state index contributed by atoms with van der Waals surface area (Å²) in [5.41, 5.74) is 0. The van der Waals surface area contributed by atoms with Crippen molar-refractivity contribution in [3.05, 3.63) is 0 Å². The summed E-state index contributed by atoms with van der Waals surface area (Å²) in [7, 11) is 0. The highest BCUT2D eigenvalue weighted by atomic mass is 35.5. The molecule has 1 atom stereocenters. The Labute approximate surface area is 52.2 Å². The molecule has 0 aliphatic carbocycles. The summed E-state index contributed by atoms with van der Waals surface area (Å²) >= 11 is 4.92. The van der Waals surface area contributed by atoms with Gasteiger partial charge in [0, 0.05) is 6.61 Å². The second-order valence-electron chi connectivity index (χ2n) is 1.26. The molecule has 0 spiro atoms. The fraction of sp³-hybridized carbons (Fsp3) is 1.00. The van der Waals surface area contributed by atoms with Crippen molar-refractivity contribution in [3.63, 3.8) is 0 Å². The van der Waals surface area contributed by atoms with Gasteiger partial charge in [0.25, 0.3) is 0 Å². The number of hydrogen-bond donors (Lipinski definition) is 1. The van der Waals surface area contributed by atoms with Crippen molar-refractivity contribution >= 4 is 11.6 Å². The Kier molecular flexibility index (Phi) is 3.28. The number of ether oxygens (including phenoxy) is 1. The van der Waals surface area contributed by atoms with Crippen molar-refractivity contribution in [2.75, 3.05) is 12.5 Å². The van der Waals surface area contributed by atoms with Crippen LogP contribution in [0.2, 0.25) is 0 Å². The van der Waals surface area contributed by atoms with Crippen LogP contribution in [0, 0.1) is 0 Å². The normalized spacial score (nSPS) is 18.0. The fourth-order valence-electron chi connectivity index (χ4n) is 0.260. The molecule has 1 N–H and O–H groups in total. The summed E-state index contributed by atoms with van der Waals surface area (Å²) < 4.78 is 16.2. The standard InChI is InChI=1S/C4H8ClFO2/c1-2-8-4(6,7)3-5/h7H,2-3H2,1H3. The SMILES string of the molecule is CCOC(O)(F)CCl. The second kappa shape index (κ2) is 3.22. The minimum atomic E-state index is -2.64. The zero-order valence-electron chi connectivity index (χ0n) is 4.53. The number of halogens is 2. The van der Waals surface area contributed by atoms with E-state index in [9.17, 15) is 4.39 Å². The maximum absolute atomic E-state index is 12.0. The van der Waals surface area contributed by atoms with Gasteiger partial charge in [0.2, 0.25) is 0 Å². The van der Waals surface area contributed by atoms with E-state index in [1.54, 1.807) is 6.92 Å². The lowest BCUT2D eigenvalue weighted by molar-refractivity contribution is -0.271. The van der Waals surface area contributed by atoms with Gasteiger partial charge < -0.3 is 9.84 Å². The van der Waals surface area contributed by atoms with Crippen LogP contribution in [0.15, 0.2) is 0 Å². The van der Waals surface area contributed by atoms with E-state index < -0.39 is 11.9 Å². The Morgan fingerprint density at radius 1 is 1.88 bits per heavy atom. The van der Waals surface area contributed by atoms with E-state index in [2.05, 4.69) is 4.74 Å². The predicted octanol–water partition coefficient (Wildman–Crippen LogP) is 0.877. The topological polar surface area (TPSA) is 29.5 Å². The third kappa shape index (κ3) is 3.18. The van der Waals surface area contributed by atoms with Crippen LogP contribution in [-0.4, -0.2) is 23.6 Å². The number of rotatable bonds is 3. The molecule has 50 valence electrons. The van der Waals surface area contributed by atoms with Gasteiger partial charge in [-0.15, -0.1) is 11.6 Å². The minimum Gasteiger partial charge on any atom is -0.339 e. The van der Waals surface area contributed by atoms with Crippen molar-refractivity contribution in [1.82, 2.24) is 0 Å². The first-order chi connectivity index (χ1) is 3.62. The number of aliphatic hydroxyl groups is 1. The third-order valence-corrected chi connectivity index (χ3v) is 0.860. The van der Waals surface area contributed by atoms with E-state index in [1.165, 1.54) is 0 Å². The van der Waals surface area contributed by atoms with Gasteiger partial charge in [-0.25, -0.2) is 0 Å². The molecule has 0 aromatic carbocycles. The second-order valence-corrected chi connectivity index (χ2v) is 1.52. The predicted molar refractivity (Wildman–Crippen MR) is 28.4 cm³/mol. The third-order valence-electron chi connectivity index (χ3n) is 0.530. The maximum atomic E-state index is 12.0. The molecule has 0 heterocycles. The van der Waals surface area contributed by atoms with Crippen LogP contribution in [-0.2, 0) is 4.74 Å². The first-order valence-electron chi connectivity index (χ1n) is 2.23. The van der Waals surface area contributed by atoms with E-state index in [-0.39, 0.29) is 6.61 Å². The molecule has 0 aromatic rings. The molecule has 0 radical (unpaired) electrons. The van der Waals surface area contributed by atoms with Gasteiger partial charge in [0.15, 0.2) is 0 Å². The van der Waals surface area contributed by atoms with Gasteiger partial charge in [0.1, 0.15) is 5.88 Å². The molecule has 0 fully saturated rings. The highest BCUT2D eigenvalue weighted by Gasteiger charge is 2.23. The van der Waals surface area contributed by atoms with Gasteiger partial charge in [-0.05, 0) is 6.92 Å². The summed E-state index contributed by atoms with van der Waals surface area (Å²) in [5, 5.41) is 8.30. The Bertz CT molecular complexity index is 67.1. The molecule has 0 bridgehead atoms.